The van der Waals surface area contributed by atoms with Gasteiger partial charge >= 0.3 is 0 Å². The zero-order valence-electron chi connectivity index (χ0n) is 13.5. The van der Waals surface area contributed by atoms with Crippen molar-refractivity contribution < 1.29 is 9.59 Å². The SMILES string of the molecule is CN1CCN(C2=N[C@@H](C(=O)Nc3ccc(Cl)cc3)CC(=O)N2)CC1. The molecule has 1 aromatic carbocycles. The Kier molecular flexibility index (Phi) is 5.01. The number of halogens is 1. The second kappa shape index (κ2) is 7.19. The summed E-state index contributed by atoms with van der Waals surface area (Å²) in [5.41, 5.74) is 0.631. The second-order valence-electron chi connectivity index (χ2n) is 6.01. The number of hydrogen-bond acceptors (Lipinski definition) is 5. The number of hydrogen-bond donors (Lipinski definition) is 2. The lowest BCUT2D eigenvalue weighted by molar-refractivity contribution is -0.125. The number of rotatable bonds is 2. The van der Waals surface area contributed by atoms with Gasteiger partial charge in [0.1, 0.15) is 6.04 Å². The molecule has 2 heterocycles. The summed E-state index contributed by atoms with van der Waals surface area (Å²) in [4.78, 5) is 33.1. The Morgan fingerprint density at radius 3 is 2.58 bits per heavy atom. The maximum absolute atomic E-state index is 12.4. The number of anilines is 1. The minimum atomic E-state index is -0.718. The van der Waals surface area contributed by atoms with Crippen LogP contribution in [0.2, 0.25) is 5.02 Å². The molecule has 1 aromatic rings. The average Bonchev–Trinajstić information content (AvgIpc) is 2.57. The lowest BCUT2D eigenvalue weighted by Crippen LogP contribution is -2.55. The lowest BCUT2D eigenvalue weighted by Gasteiger charge is -2.36. The Labute approximate surface area is 145 Å². The average molecular weight is 350 g/mol. The number of benzene rings is 1. The lowest BCUT2D eigenvalue weighted by atomic mass is 10.1. The molecule has 1 fully saturated rings. The first-order valence-electron chi connectivity index (χ1n) is 7.89. The summed E-state index contributed by atoms with van der Waals surface area (Å²) in [5, 5.41) is 6.15. The smallest absolute Gasteiger partial charge is 0.249 e. The van der Waals surface area contributed by atoms with Crippen LogP contribution in [-0.4, -0.2) is 66.8 Å². The van der Waals surface area contributed by atoms with Crippen molar-refractivity contribution >= 4 is 35.1 Å². The summed E-state index contributed by atoms with van der Waals surface area (Å²) >= 11 is 5.83. The number of carbonyl (C=O) groups is 2. The third-order valence-corrected chi connectivity index (χ3v) is 4.38. The number of aliphatic imine (C=N–C) groups is 1. The fourth-order valence-electron chi connectivity index (χ4n) is 2.67. The molecule has 8 heteroatoms. The van der Waals surface area contributed by atoms with Gasteiger partial charge in [-0.3, -0.25) is 14.9 Å². The highest BCUT2D eigenvalue weighted by atomic mass is 35.5. The van der Waals surface area contributed by atoms with Gasteiger partial charge in [-0.1, -0.05) is 11.6 Å². The van der Waals surface area contributed by atoms with Crippen molar-refractivity contribution in [3.8, 4) is 0 Å². The van der Waals surface area contributed by atoms with Gasteiger partial charge in [-0.25, -0.2) is 4.99 Å². The van der Waals surface area contributed by atoms with Crippen LogP contribution in [0.25, 0.3) is 0 Å². The van der Waals surface area contributed by atoms with E-state index in [2.05, 4.69) is 27.6 Å². The maximum atomic E-state index is 12.4. The van der Waals surface area contributed by atoms with Crippen molar-refractivity contribution in [3.63, 3.8) is 0 Å². The summed E-state index contributed by atoms with van der Waals surface area (Å²) in [5.74, 6) is 0.0181. The van der Waals surface area contributed by atoms with Crippen molar-refractivity contribution in [2.45, 2.75) is 12.5 Å². The molecule has 0 saturated carbocycles. The summed E-state index contributed by atoms with van der Waals surface area (Å²) < 4.78 is 0. The van der Waals surface area contributed by atoms with Crippen LogP contribution in [0.4, 0.5) is 5.69 Å². The fraction of sp³-hybridized carbons (Fsp3) is 0.438. The minimum Gasteiger partial charge on any atom is -0.340 e. The van der Waals surface area contributed by atoms with E-state index < -0.39 is 6.04 Å². The van der Waals surface area contributed by atoms with Crippen LogP contribution < -0.4 is 10.6 Å². The van der Waals surface area contributed by atoms with E-state index in [4.69, 9.17) is 11.6 Å². The van der Waals surface area contributed by atoms with E-state index in [1.54, 1.807) is 24.3 Å². The highest BCUT2D eigenvalue weighted by Gasteiger charge is 2.30. The molecule has 0 bridgehead atoms. The molecule has 0 unspecified atom stereocenters. The molecule has 3 rings (SSSR count). The first kappa shape index (κ1) is 16.7. The highest BCUT2D eigenvalue weighted by molar-refractivity contribution is 6.30. The van der Waals surface area contributed by atoms with Gasteiger partial charge in [0.25, 0.3) is 0 Å². The third kappa shape index (κ3) is 4.04. The van der Waals surface area contributed by atoms with E-state index in [1.165, 1.54) is 0 Å². The number of likely N-dealkylation sites (N-methyl/N-ethyl adjacent to an activating group) is 1. The summed E-state index contributed by atoms with van der Waals surface area (Å²) in [7, 11) is 2.06. The predicted molar refractivity (Wildman–Crippen MR) is 93.1 cm³/mol. The molecule has 7 nitrogen and oxygen atoms in total. The number of guanidine groups is 1. The Morgan fingerprint density at radius 2 is 1.92 bits per heavy atom. The van der Waals surface area contributed by atoms with Crippen LogP contribution in [0.5, 0.6) is 0 Å². The van der Waals surface area contributed by atoms with Crippen molar-refractivity contribution in [2.75, 3.05) is 38.5 Å². The van der Waals surface area contributed by atoms with E-state index in [-0.39, 0.29) is 18.2 Å². The monoisotopic (exact) mass is 349 g/mol. The number of carbonyl (C=O) groups excluding carboxylic acids is 2. The van der Waals surface area contributed by atoms with Gasteiger partial charge in [0.15, 0.2) is 0 Å². The van der Waals surface area contributed by atoms with E-state index in [0.29, 0.717) is 16.7 Å². The molecule has 1 atom stereocenters. The quantitative estimate of drug-likeness (QED) is 0.827. The highest BCUT2D eigenvalue weighted by Crippen LogP contribution is 2.15. The first-order valence-corrected chi connectivity index (χ1v) is 8.26. The minimum absolute atomic E-state index is 0.0522. The molecule has 0 radical (unpaired) electrons. The zero-order chi connectivity index (χ0) is 17.1. The van der Waals surface area contributed by atoms with Crippen molar-refractivity contribution in [3.05, 3.63) is 29.3 Å². The maximum Gasteiger partial charge on any atom is 0.249 e. The molecular formula is C16H20ClN5O2. The van der Waals surface area contributed by atoms with E-state index in [0.717, 1.165) is 26.2 Å². The zero-order valence-corrected chi connectivity index (χ0v) is 14.2. The molecule has 0 spiro atoms. The first-order chi connectivity index (χ1) is 11.5. The number of nitrogens with one attached hydrogen (secondary N) is 2. The molecule has 2 aliphatic rings. The molecule has 2 aliphatic heterocycles. The topological polar surface area (TPSA) is 77.0 Å². The van der Waals surface area contributed by atoms with Crippen LogP contribution in [0.3, 0.4) is 0 Å². The molecule has 128 valence electrons. The third-order valence-electron chi connectivity index (χ3n) is 4.13. The van der Waals surface area contributed by atoms with Crippen molar-refractivity contribution in [1.29, 1.82) is 0 Å². The number of amides is 2. The van der Waals surface area contributed by atoms with Gasteiger partial charge in [0.2, 0.25) is 17.8 Å². The van der Waals surface area contributed by atoms with E-state index in [1.807, 2.05) is 4.90 Å². The fourth-order valence-corrected chi connectivity index (χ4v) is 2.79. The molecular weight excluding hydrogens is 330 g/mol. The Balaban J connectivity index is 1.69. The van der Waals surface area contributed by atoms with Crippen molar-refractivity contribution in [2.24, 2.45) is 4.99 Å². The normalized spacial score (nSPS) is 21.9. The van der Waals surface area contributed by atoms with Crippen LogP contribution in [0, 0.1) is 0 Å². The summed E-state index contributed by atoms with van der Waals surface area (Å²) in [6.45, 7) is 3.36. The molecule has 1 saturated heterocycles. The van der Waals surface area contributed by atoms with Crippen LogP contribution in [0.15, 0.2) is 29.3 Å². The van der Waals surface area contributed by atoms with E-state index in [9.17, 15) is 9.59 Å². The van der Waals surface area contributed by atoms with Gasteiger partial charge in [0, 0.05) is 36.9 Å². The van der Waals surface area contributed by atoms with Gasteiger partial charge in [-0.05, 0) is 31.3 Å². The molecule has 0 aromatic heterocycles. The van der Waals surface area contributed by atoms with Gasteiger partial charge < -0.3 is 15.1 Å². The second-order valence-corrected chi connectivity index (χ2v) is 6.44. The largest absolute Gasteiger partial charge is 0.340 e. The molecule has 2 N–H and O–H groups in total. The van der Waals surface area contributed by atoms with Crippen LogP contribution >= 0.6 is 11.6 Å². The van der Waals surface area contributed by atoms with Gasteiger partial charge in [-0.15, -0.1) is 0 Å². The Hall–Kier alpha value is -2.12. The summed E-state index contributed by atoms with van der Waals surface area (Å²) in [6, 6.07) is 6.11. The van der Waals surface area contributed by atoms with Crippen LogP contribution in [0.1, 0.15) is 6.42 Å². The summed E-state index contributed by atoms with van der Waals surface area (Å²) in [6.07, 6.45) is 0.0522. The van der Waals surface area contributed by atoms with Gasteiger partial charge in [0.05, 0.1) is 6.42 Å². The number of nitrogens with zero attached hydrogens (tertiary/aromatic N) is 3. The Bertz CT molecular complexity index is 653. The molecule has 24 heavy (non-hydrogen) atoms. The number of piperazine rings is 1. The molecule has 0 aliphatic carbocycles. The standard InChI is InChI=1S/C16H20ClN5O2/c1-21-6-8-22(9-7-21)16-19-13(10-14(23)20-16)15(24)18-12-4-2-11(17)3-5-12/h2-5,13H,6-10H2,1H3,(H,18,24)(H,19,20,23)/t13-/m1/s1. The van der Waals surface area contributed by atoms with Crippen LogP contribution in [-0.2, 0) is 9.59 Å². The Morgan fingerprint density at radius 1 is 1.25 bits per heavy atom. The van der Waals surface area contributed by atoms with Gasteiger partial charge in [-0.2, -0.15) is 0 Å². The predicted octanol–water partition coefficient (Wildman–Crippen LogP) is 0.770. The van der Waals surface area contributed by atoms with E-state index >= 15 is 0 Å². The van der Waals surface area contributed by atoms with Crippen molar-refractivity contribution in [1.82, 2.24) is 15.1 Å². The molecule has 2 amide bonds.